The summed E-state index contributed by atoms with van der Waals surface area (Å²) < 4.78 is 0. The summed E-state index contributed by atoms with van der Waals surface area (Å²) in [7, 11) is 0. The first-order chi connectivity index (χ1) is 10.0. The standard InChI is InChI=1S/C17H26N2O2/c1-13(2)9-17(7-8-17)12-19-16(21)18-10-14-5-3-4-6-15(14)11-20/h3-6,13,20H,7-12H2,1-2H3,(H2,18,19,21). The van der Waals surface area contributed by atoms with Crippen LogP contribution in [0.3, 0.4) is 0 Å². The molecule has 21 heavy (non-hydrogen) atoms. The smallest absolute Gasteiger partial charge is 0.315 e. The summed E-state index contributed by atoms with van der Waals surface area (Å²) in [5.74, 6) is 0.675. The van der Waals surface area contributed by atoms with E-state index in [4.69, 9.17) is 0 Å². The molecule has 0 saturated heterocycles. The van der Waals surface area contributed by atoms with Crippen LogP contribution in [0.1, 0.15) is 44.2 Å². The van der Waals surface area contributed by atoms with E-state index < -0.39 is 0 Å². The molecule has 4 heteroatoms. The van der Waals surface area contributed by atoms with E-state index in [0.717, 1.165) is 17.7 Å². The second kappa shape index (κ2) is 6.94. The molecule has 0 bridgehead atoms. The Morgan fingerprint density at radius 1 is 1.24 bits per heavy atom. The summed E-state index contributed by atoms with van der Waals surface area (Å²) in [6.45, 7) is 5.66. The highest BCUT2D eigenvalue weighted by atomic mass is 16.3. The number of carbonyl (C=O) groups is 1. The molecule has 1 aromatic rings. The number of hydrogen-bond acceptors (Lipinski definition) is 2. The van der Waals surface area contributed by atoms with Gasteiger partial charge in [0.25, 0.3) is 0 Å². The molecule has 0 heterocycles. The normalized spacial score (nSPS) is 15.8. The lowest BCUT2D eigenvalue weighted by Gasteiger charge is -2.18. The van der Waals surface area contributed by atoms with Crippen molar-refractivity contribution in [2.45, 2.75) is 46.3 Å². The van der Waals surface area contributed by atoms with Crippen molar-refractivity contribution in [3.05, 3.63) is 35.4 Å². The topological polar surface area (TPSA) is 61.4 Å². The van der Waals surface area contributed by atoms with Crippen molar-refractivity contribution in [3.63, 3.8) is 0 Å². The third-order valence-corrected chi connectivity index (χ3v) is 4.15. The Balaban J connectivity index is 1.75. The number of rotatable bonds is 7. The van der Waals surface area contributed by atoms with Crippen molar-refractivity contribution in [3.8, 4) is 0 Å². The molecule has 1 fully saturated rings. The van der Waals surface area contributed by atoms with Gasteiger partial charge in [-0.15, -0.1) is 0 Å². The fourth-order valence-corrected chi connectivity index (χ4v) is 2.89. The Labute approximate surface area is 126 Å². The van der Waals surface area contributed by atoms with Gasteiger partial charge in [0.2, 0.25) is 0 Å². The van der Waals surface area contributed by atoms with Gasteiger partial charge in [-0.25, -0.2) is 4.79 Å². The van der Waals surface area contributed by atoms with E-state index >= 15 is 0 Å². The minimum atomic E-state index is -0.127. The van der Waals surface area contributed by atoms with Crippen LogP contribution in [0.4, 0.5) is 4.79 Å². The third-order valence-electron chi connectivity index (χ3n) is 4.15. The van der Waals surface area contributed by atoms with Gasteiger partial charge in [-0.2, -0.15) is 0 Å². The molecule has 116 valence electrons. The van der Waals surface area contributed by atoms with Crippen LogP contribution in [0, 0.1) is 11.3 Å². The summed E-state index contributed by atoms with van der Waals surface area (Å²) in [6, 6.07) is 7.47. The summed E-state index contributed by atoms with van der Waals surface area (Å²) in [4.78, 5) is 11.9. The molecule has 1 aliphatic carbocycles. The van der Waals surface area contributed by atoms with Crippen LogP contribution in [0.2, 0.25) is 0 Å². The molecule has 1 aliphatic rings. The van der Waals surface area contributed by atoms with Gasteiger partial charge in [-0.3, -0.25) is 0 Å². The van der Waals surface area contributed by atoms with Crippen LogP contribution < -0.4 is 10.6 Å². The lowest BCUT2D eigenvalue weighted by atomic mass is 9.94. The highest BCUT2D eigenvalue weighted by Crippen LogP contribution is 2.49. The van der Waals surface area contributed by atoms with Gasteiger partial charge >= 0.3 is 6.03 Å². The largest absolute Gasteiger partial charge is 0.392 e. The van der Waals surface area contributed by atoms with Crippen molar-refractivity contribution in [1.82, 2.24) is 10.6 Å². The Kier molecular flexibility index (Phi) is 5.23. The first kappa shape index (κ1) is 15.8. The van der Waals surface area contributed by atoms with E-state index in [1.165, 1.54) is 19.3 Å². The first-order valence-corrected chi connectivity index (χ1v) is 7.74. The van der Waals surface area contributed by atoms with E-state index in [0.29, 0.717) is 17.9 Å². The number of amides is 2. The lowest BCUT2D eigenvalue weighted by Crippen LogP contribution is -2.38. The molecule has 2 rings (SSSR count). The van der Waals surface area contributed by atoms with E-state index in [-0.39, 0.29) is 12.6 Å². The highest BCUT2D eigenvalue weighted by molar-refractivity contribution is 5.73. The SMILES string of the molecule is CC(C)CC1(CNC(=O)NCc2ccccc2CO)CC1. The summed E-state index contributed by atoms with van der Waals surface area (Å²) in [5, 5.41) is 15.1. The first-order valence-electron chi connectivity index (χ1n) is 7.74. The fourth-order valence-electron chi connectivity index (χ4n) is 2.89. The quantitative estimate of drug-likeness (QED) is 0.723. The van der Waals surface area contributed by atoms with Crippen LogP contribution in [-0.2, 0) is 13.2 Å². The van der Waals surface area contributed by atoms with Crippen LogP contribution in [0.5, 0.6) is 0 Å². The van der Waals surface area contributed by atoms with Gasteiger partial charge in [0.05, 0.1) is 6.61 Å². The van der Waals surface area contributed by atoms with Gasteiger partial charge in [-0.05, 0) is 41.7 Å². The maximum atomic E-state index is 11.9. The lowest BCUT2D eigenvalue weighted by molar-refractivity contribution is 0.235. The molecule has 0 spiro atoms. The van der Waals surface area contributed by atoms with Gasteiger partial charge < -0.3 is 15.7 Å². The number of carbonyl (C=O) groups excluding carboxylic acids is 1. The minimum Gasteiger partial charge on any atom is -0.392 e. The van der Waals surface area contributed by atoms with Gasteiger partial charge in [0, 0.05) is 13.1 Å². The molecular weight excluding hydrogens is 264 g/mol. The molecular formula is C17H26N2O2. The Hall–Kier alpha value is -1.55. The monoisotopic (exact) mass is 290 g/mol. The minimum absolute atomic E-state index is 0.00300. The van der Waals surface area contributed by atoms with Gasteiger partial charge in [0.15, 0.2) is 0 Å². The second-order valence-corrected chi connectivity index (χ2v) is 6.56. The van der Waals surface area contributed by atoms with Crippen molar-refractivity contribution in [2.24, 2.45) is 11.3 Å². The summed E-state index contributed by atoms with van der Waals surface area (Å²) in [5.41, 5.74) is 2.16. The van der Waals surface area contributed by atoms with E-state index in [9.17, 15) is 9.90 Å². The van der Waals surface area contributed by atoms with E-state index in [1.54, 1.807) is 0 Å². The van der Waals surface area contributed by atoms with Gasteiger partial charge in [0.1, 0.15) is 0 Å². The number of hydrogen-bond donors (Lipinski definition) is 3. The zero-order valence-corrected chi connectivity index (χ0v) is 13.0. The molecule has 3 N–H and O–H groups in total. The van der Waals surface area contributed by atoms with E-state index in [1.807, 2.05) is 24.3 Å². The number of aliphatic hydroxyl groups is 1. The molecule has 0 aromatic heterocycles. The van der Waals surface area contributed by atoms with Crippen molar-refractivity contribution >= 4 is 6.03 Å². The molecule has 2 amide bonds. The Morgan fingerprint density at radius 2 is 1.90 bits per heavy atom. The molecule has 4 nitrogen and oxygen atoms in total. The molecule has 0 atom stereocenters. The van der Waals surface area contributed by atoms with Crippen molar-refractivity contribution in [2.75, 3.05) is 6.54 Å². The average Bonchev–Trinajstić information content (AvgIpc) is 3.22. The summed E-state index contributed by atoms with van der Waals surface area (Å²) >= 11 is 0. The number of nitrogens with one attached hydrogen (secondary N) is 2. The molecule has 1 aromatic carbocycles. The van der Waals surface area contributed by atoms with Crippen molar-refractivity contribution < 1.29 is 9.90 Å². The van der Waals surface area contributed by atoms with Gasteiger partial charge in [-0.1, -0.05) is 38.1 Å². The van der Waals surface area contributed by atoms with Crippen LogP contribution in [0.15, 0.2) is 24.3 Å². The molecule has 0 aliphatic heterocycles. The van der Waals surface area contributed by atoms with E-state index in [2.05, 4.69) is 24.5 Å². The predicted octanol–water partition coefficient (Wildman–Crippen LogP) is 2.80. The number of urea groups is 1. The molecule has 0 radical (unpaired) electrons. The molecule has 1 saturated carbocycles. The van der Waals surface area contributed by atoms with Crippen LogP contribution in [-0.4, -0.2) is 17.7 Å². The third kappa shape index (κ3) is 4.74. The zero-order valence-electron chi connectivity index (χ0n) is 13.0. The van der Waals surface area contributed by atoms with Crippen LogP contribution >= 0.6 is 0 Å². The van der Waals surface area contributed by atoms with Crippen LogP contribution in [0.25, 0.3) is 0 Å². The fraction of sp³-hybridized carbons (Fsp3) is 0.588. The Bertz CT molecular complexity index is 481. The highest BCUT2D eigenvalue weighted by Gasteiger charge is 2.42. The average molecular weight is 290 g/mol. The maximum absolute atomic E-state index is 11.9. The summed E-state index contributed by atoms with van der Waals surface area (Å²) in [6.07, 6.45) is 3.62. The van der Waals surface area contributed by atoms with Crippen molar-refractivity contribution in [1.29, 1.82) is 0 Å². The zero-order chi connectivity index (χ0) is 15.3. The molecule has 0 unspecified atom stereocenters. The predicted molar refractivity (Wildman–Crippen MR) is 83.7 cm³/mol. The number of aliphatic hydroxyl groups excluding tert-OH is 1. The Morgan fingerprint density at radius 3 is 2.48 bits per heavy atom. The second-order valence-electron chi connectivity index (χ2n) is 6.56. The number of benzene rings is 1. The maximum Gasteiger partial charge on any atom is 0.315 e.